The van der Waals surface area contributed by atoms with Crippen LogP contribution in [0.25, 0.3) is 6.08 Å². The van der Waals surface area contributed by atoms with Crippen molar-refractivity contribution in [3.8, 4) is 17.2 Å². The number of carbonyl (C=O) groups excluding carboxylic acids is 3. The molecular formula is C32H33N3O6. The number of amides is 3. The zero-order chi connectivity index (χ0) is 28.9. The molecule has 212 valence electrons. The first kappa shape index (κ1) is 27.8. The summed E-state index contributed by atoms with van der Waals surface area (Å²) < 4.78 is 15.9. The Morgan fingerprint density at radius 3 is 2.32 bits per heavy atom. The number of ether oxygens (including phenoxy) is 3. The van der Waals surface area contributed by atoms with Gasteiger partial charge in [-0.2, -0.15) is 0 Å². The molecule has 3 amide bonds. The van der Waals surface area contributed by atoms with Crippen molar-refractivity contribution in [2.24, 2.45) is 0 Å². The van der Waals surface area contributed by atoms with Gasteiger partial charge in [-0.15, -0.1) is 0 Å². The maximum atomic E-state index is 13.5. The minimum absolute atomic E-state index is 0.0901. The highest BCUT2D eigenvalue weighted by atomic mass is 16.5. The van der Waals surface area contributed by atoms with E-state index >= 15 is 0 Å². The van der Waals surface area contributed by atoms with Crippen molar-refractivity contribution in [1.82, 2.24) is 9.80 Å². The minimum atomic E-state index is -0.278. The van der Waals surface area contributed by atoms with Gasteiger partial charge in [0.1, 0.15) is 5.75 Å². The van der Waals surface area contributed by atoms with E-state index in [9.17, 15) is 14.4 Å². The van der Waals surface area contributed by atoms with E-state index in [4.69, 9.17) is 14.2 Å². The molecule has 3 aromatic carbocycles. The molecule has 0 aromatic heterocycles. The first-order valence-electron chi connectivity index (χ1n) is 13.5. The second kappa shape index (κ2) is 12.2. The van der Waals surface area contributed by atoms with Crippen LogP contribution in [0.4, 0.5) is 5.69 Å². The second-order valence-corrected chi connectivity index (χ2v) is 9.82. The van der Waals surface area contributed by atoms with Gasteiger partial charge in [0.25, 0.3) is 11.8 Å². The maximum Gasteiger partial charge on any atom is 0.263 e. The van der Waals surface area contributed by atoms with Crippen molar-refractivity contribution in [2.45, 2.75) is 6.42 Å². The van der Waals surface area contributed by atoms with E-state index in [1.807, 2.05) is 48.5 Å². The van der Waals surface area contributed by atoms with Gasteiger partial charge in [0.05, 0.1) is 38.1 Å². The van der Waals surface area contributed by atoms with Crippen molar-refractivity contribution < 1.29 is 28.6 Å². The van der Waals surface area contributed by atoms with E-state index in [-0.39, 0.29) is 24.3 Å². The van der Waals surface area contributed by atoms with Crippen LogP contribution in [0.1, 0.15) is 31.8 Å². The van der Waals surface area contributed by atoms with E-state index in [0.29, 0.717) is 55.2 Å². The number of nitrogens with zero attached hydrogens (tertiary/aromatic N) is 3. The molecular weight excluding hydrogens is 522 g/mol. The summed E-state index contributed by atoms with van der Waals surface area (Å²) in [5, 5.41) is 0. The number of fused-ring (bicyclic) bond motifs is 1. The van der Waals surface area contributed by atoms with Crippen molar-refractivity contribution in [3.63, 3.8) is 0 Å². The van der Waals surface area contributed by atoms with Crippen molar-refractivity contribution >= 4 is 29.5 Å². The number of rotatable bonds is 9. The van der Waals surface area contributed by atoms with Crippen LogP contribution in [0, 0.1) is 0 Å². The Kier molecular flexibility index (Phi) is 8.24. The lowest BCUT2D eigenvalue weighted by molar-refractivity contribution is -0.126. The van der Waals surface area contributed by atoms with Gasteiger partial charge in [0.2, 0.25) is 5.91 Å². The first-order valence-corrected chi connectivity index (χ1v) is 13.5. The summed E-state index contributed by atoms with van der Waals surface area (Å²) in [5.41, 5.74) is 3.42. The van der Waals surface area contributed by atoms with Crippen molar-refractivity contribution in [1.29, 1.82) is 0 Å². The number of piperazine rings is 1. The summed E-state index contributed by atoms with van der Waals surface area (Å²) in [5.74, 6) is 1.32. The zero-order valence-electron chi connectivity index (χ0n) is 23.5. The predicted octanol–water partition coefficient (Wildman–Crippen LogP) is 3.91. The highest BCUT2D eigenvalue weighted by Gasteiger charge is 2.38. The number of imide groups is 1. The molecule has 9 heteroatoms. The Bertz CT molecular complexity index is 1490. The van der Waals surface area contributed by atoms with Crippen LogP contribution >= 0.6 is 0 Å². The first-order chi connectivity index (χ1) is 19.9. The predicted molar refractivity (Wildman–Crippen MR) is 156 cm³/mol. The molecule has 41 heavy (non-hydrogen) atoms. The quantitative estimate of drug-likeness (QED) is 0.292. The molecule has 9 nitrogen and oxygen atoms in total. The molecule has 1 saturated heterocycles. The van der Waals surface area contributed by atoms with Crippen LogP contribution in [-0.2, 0) is 11.2 Å². The summed E-state index contributed by atoms with van der Waals surface area (Å²) in [4.78, 5) is 44.7. The van der Waals surface area contributed by atoms with Gasteiger partial charge in [0.15, 0.2) is 11.5 Å². The number of hydrogen-bond donors (Lipinski definition) is 0. The Hall–Kier alpha value is -4.79. The third-order valence-corrected chi connectivity index (χ3v) is 7.49. The fourth-order valence-corrected chi connectivity index (χ4v) is 5.25. The highest BCUT2D eigenvalue weighted by Crippen LogP contribution is 2.33. The average Bonchev–Trinajstić information content (AvgIpc) is 3.27. The van der Waals surface area contributed by atoms with Gasteiger partial charge >= 0.3 is 0 Å². The molecule has 0 unspecified atom stereocenters. The molecule has 3 aromatic rings. The van der Waals surface area contributed by atoms with Crippen LogP contribution in [0.5, 0.6) is 17.2 Å². The van der Waals surface area contributed by atoms with Gasteiger partial charge in [0, 0.05) is 38.8 Å². The normalized spacial score (nSPS) is 15.0. The number of carbonyl (C=O) groups is 3. The summed E-state index contributed by atoms with van der Waals surface area (Å²) in [6.07, 6.45) is 3.85. The Morgan fingerprint density at radius 2 is 1.59 bits per heavy atom. The number of hydrogen-bond acceptors (Lipinski definition) is 7. The summed E-state index contributed by atoms with van der Waals surface area (Å²) in [6.45, 7) is 2.39. The monoisotopic (exact) mass is 555 g/mol. The molecule has 0 radical (unpaired) electrons. The molecule has 2 aliphatic rings. The summed E-state index contributed by atoms with van der Waals surface area (Å²) >= 11 is 0. The van der Waals surface area contributed by atoms with Crippen LogP contribution in [0.15, 0.2) is 66.7 Å². The standard InChI is InChI=1S/C32H33N3O6/c1-39-24-7-4-6-22(20-24)14-15-35-31(37)25-8-5-9-26(30(25)32(35)38)33-16-18-34(19-17-33)29(36)13-11-23-10-12-27(40-2)28(21-23)41-3/h4-13,20-21H,14-19H2,1-3H3. The van der Waals surface area contributed by atoms with E-state index in [1.54, 1.807) is 50.5 Å². The molecule has 0 aliphatic carbocycles. The summed E-state index contributed by atoms with van der Waals surface area (Å²) in [7, 11) is 4.76. The summed E-state index contributed by atoms with van der Waals surface area (Å²) in [6, 6.07) is 18.5. The Balaban J connectivity index is 1.22. The third kappa shape index (κ3) is 5.75. The van der Waals surface area contributed by atoms with E-state index in [0.717, 1.165) is 22.6 Å². The molecule has 0 N–H and O–H groups in total. The Morgan fingerprint density at radius 1 is 0.829 bits per heavy atom. The van der Waals surface area contributed by atoms with Gasteiger partial charge in [-0.1, -0.05) is 24.3 Å². The number of anilines is 1. The zero-order valence-corrected chi connectivity index (χ0v) is 23.5. The fraction of sp³-hybridized carbons (Fsp3) is 0.281. The smallest absolute Gasteiger partial charge is 0.263 e. The van der Waals surface area contributed by atoms with Crippen LogP contribution < -0.4 is 19.1 Å². The van der Waals surface area contributed by atoms with E-state index in [1.165, 1.54) is 4.90 Å². The SMILES string of the molecule is COc1cccc(CCN2C(=O)c3cccc(N4CCN(C(=O)C=Cc5ccc(OC)c(OC)c5)CC4)c3C2=O)c1. The third-order valence-electron chi connectivity index (χ3n) is 7.49. The molecule has 1 fully saturated rings. The van der Waals surface area contributed by atoms with E-state index < -0.39 is 0 Å². The van der Waals surface area contributed by atoms with Gasteiger partial charge < -0.3 is 24.0 Å². The maximum absolute atomic E-state index is 13.5. The van der Waals surface area contributed by atoms with Crippen LogP contribution in [-0.4, -0.2) is 81.6 Å². The lowest BCUT2D eigenvalue weighted by atomic mass is 10.1. The average molecular weight is 556 g/mol. The van der Waals surface area contributed by atoms with Gasteiger partial charge in [-0.05, 0) is 60.0 Å². The molecule has 0 bridgehead atoms. The molecule has 2 aliphatic heterocycles. The van der Waals surface area contributed by atoms with Crippen molar-refractivity contribution in [2.75, 3.05) is 59.0 Å². The fourth-order valence-electron chi connectivity index (χ4n) is 5.25. The van der Waals surface area contributed by atoms with Crippen LogP contribution in [0.2, 0.25) is 0 Å². The van der Waals surface area contributed by atoms with E-state index in [2.05, 4.69) is 4.90 Å². The van der Waals surface area contributed by atoms with Gasteiger partial charge in [-0.25, -0.2) is 0 Å². The minimum Gasteiger partial charge on any atom is -0.497 e. The molecule has 0 saturated carbocycles. The topological polar surface area (TPSA) is 88.6 Å². The molecule has 2 heterocycles. The largest absolute Gasteiger partial charge is 0.497 e. The number of benzene rings is 3. The molecule has 0 spiro atoms. The number of methoxy groups -OCH3 is 3. The molecule has 5 rings (SSSR count). The lowest BCUT2D eigenvalue weighted by Gasteiger charge is -2.36. The second-order valence-electron chi connectivity index (χ2n) is 9.82. The van der Waals surface area contributed by atoms with Crippen molar-refractivity contribution in [3.05, 3.63) is 89.0 Å². The highest BCUT2D eigenvalue weighted by molar-refractivity contribution is 6.23. The van der Waals surface area contributed by atoms with Gasteiger partial charge in [-0.3, -0.25) is 19.3 Å². The lowest BCUT2D eigenvalue weighted by Crippen LogP contribution is -2.48. The van der Waals surface area contributed by atoms with Crippen LogP contribution in [0.3, 0.4) is 0 Å². The Labute approximate surface area is 239 Å². The molecule has 0 atom stereocenters.